The van der Waals surface area contributed by atoms with Gasteiger partial charge in [-0.05, 0) is 47.0 Å². The Hall–Kier alpha value is -4.38. The topological polar surface area (TPSA) is 110 Å². The molecular weight excluding hydrogens is 511 g/mol. The highest BCUT2D eigenvalue weighted by Crippen LogP contribution is 2.39. The van der Waals surface area contributed by atoms with E-state index in [1.54, 1.807) is 48.4 Å². The molecule has 6 rings (SSSR count). The van der Waals surface area contributed by atoms with Gasteiger partial charge in [-0.15, -0.1) is 5.10 Å². The van der Waals surface area contributed by atoms with Crippen LogP contribution < -0.4 is 10.3 Å². The van der Waals surface area contributed by atoms with Gasteiger partial charge in [0.05, 0.1) is 28.0 Å². The van der Waals surface area contributed by atoms with Crippen molar-refractivity contribution in [1.82, 2.24) is 34.6 Å². The van der Waals surface area contributed by atoms with Crippen molar-refractivity contribution in [3.63, 3.8) is 0 Å². The second kappa shape index (κ2) is 9.49. The van der Waals surface area contributed by atoms with E-state index in [1.165, 1.54) is 33.9 Å². The molecule has 0 saturated heterocycles. The maximum absolute atomic E-state index is 15.2. The second-order valence-electron chi connectivity index (χ2n) is 9.45. The van der Waals surface area contributed by atoms with Gasteiger partial charge in [0.1, 0.15) is 12.4 Å². The van der Waals surface area contributed by atoms with E-state index in [4.69, 9.17) is 11.6 Å². The highest BCUT2D eigenvalue weighted by molar-refractivity contribution is 6.31. The fourth-order valence-electron chi connectivity index (χ4n) is 4.63. The fourth-order valence-corrected chi connectivity index (χ4v) is 4.79. The third kappa shape index (κ3) is 4.45. The van der Waals surface area contributed by atoms with Gasteiger partial charge in [0.25, 0.3) is 0 Å². The molecule has 192 valence electrons. The number of tetrazole rings is 1. The molecule has 0 N–H and O–H groups in total. The van der Waals surface area contributed by atoms with Crippen molar-refractivity contribution in [3.05, 3.63) is 99.6 Å². The fraction of sp³-hybridized carbons (Fsp3) is 0.231. The second-order valence-corrected chi connectivity index (χ2v) is 9.86. The third-order valence-electron chi connectivity index (χ3n) is 6.84. The van der Waals surface area contributed by atoms with E-state index in [2.05, 4.69) is 20.6 Å². The van der Waals surface area contributed by atoms with Crippen molar-refractivity contribution in [1.29, 1.82) is 0 Å². The number of rotatable bonds is 7. The molecule has 1 aliphatic rings. The van der Waals surface area contributed by atoms with Crippen molar-refractivity contribution in [2.75, 3.05) is 0 Å². The molecule has 0 bridgehead atoms. The van der Waals surface area contributed by atoms with Crippen LogP contribution in [0.4, 0.5) is 4.39 Å². The molecule has 5 aromatic rings. The Morgan fingerprint density at radius 3 is 2.66 bits per heavy atom. The van der Waals surface area contributed by atoms with Crippen LogP contribution in [0.1, 0.15) is 31.0 Å². The average molecular weight is 533 g/mol. The van der Waals surface area contributed by atoms with E-state index < -0.39 is 5.82 Å². The Labute approximate surface area is 221 Å². The molecule has 1 aliphatic carbocycles. The average Bonchev–Trinajstić information content (AvgIpc) is 3.34. The number of benzene rings is 1. The SMILES string of the molecule is Cn1cc(-c2cnn(C(CC3CC3)c3ccc(-c4c(-n5cnnn5)ccc(Cl)c4F)c[n+]3[O-])c2)ccc1=O. The van der Waals surface area contributed by atoms with Crippen LogP contribution in [0, 0.1) is 16.9 Å². The molecule has 1 aromatic carbocycles. The number of halogens is 2. The minimum Gasteiger partial charge on any atom is -0.618 e. The molecule has 1 unspecified atom stereocenters. The summed E-state index contributed by atoms with van der Waals surface area (Å²) in [5, 5.41) is 29.0. The van der Waals surface area contributed by atoms with Gasteiger partial charge in [-0.3, -0.25) is 9.48 Å². The summed E-state index contributed by atoms with van der Waals surface area (Å²) < 4.78 is 20.6. The summed E-state index contributed by atoms with van der Waals surface area (Å²) >= 11 is 6.08. The molecule has 1 atom stereocenters. The van der Waals surface area contributed by atoms with Crippen LogP contribution in [-0.2, 0) is 7.05 Å². The van der Waals surface area contributed by atoms with E-state index in [0.29, 0.717) is 22.9 Å². The lowest BCUT2D eigenvalue weighted by Gasteiger charge is -2.18. The van der Waals surface area contributed by atoms with E-state index >= 15 is 4.39 Å². The summed E-state index contributed by atoms with van der Waals surface area (Å²) in [4.78, 5) is 11.8. The van der Waals surface area contributed by atoms with E-state index in [0.717, 1.165) is 35.1 Å². The van der Waals surface area contributed by atoms with Crippen molar-refractivity contribution in [3.8, 4) is 27.9 Å². The van der Waals surface area contributed by atoms with Crippen LogP contribution in [0.25, 0.3) is 27.9 Å². The Bertz CT molecular complexity index is 1690. The zero-order valence-electron chi connectivity index (χ0n) is 20.3. The van der Waals surface area contributed by atoms with Gasteiger partial charge in [0, 0.05) is 42.7 Å². The summed E-state index contributed by atoms with van der Waals surface area (Å²) in [5.41, 5.74) is 2.89. The molecule has 1 fully saturated rings. The first kappa shape index (κ1) is 24.0. The normalized spacial score (nSPS) is 14.1. The van der Waals surface area contributed by atoms with Crippen molar-refractivity contribution in [2.24, 2.45) is 13.0 Å². The van der Waals surface area contributed by atoms with E-state index in [-0.39, 0.29) is 22.2 Å². The molecular formula is C26H22ClFN8O2. The van der Waals surface area contributed by atoms with Crippen molar-refractivity contribution >= 4 is 11.6 Å². The molecule has 4 aromatic heterocycles. The molecule has 4 heterocycles. The van der Waals surface area contributed by atoms with E-state index in [9.17, 15) is 10.0 Å². The lowest BCUT2D eigenvalue weighted by Crippen LogP contribution is -2.35. The highest BCUT2D eigenvalue weighted by atomic mass is 35.5. The monoisotopic (exact) mass is 532 g/mol. The van der Waals surface area contributed by atoms with Gasteiger partial charge in [-0.25, -0.2) is 4.39 Å². The first-order chi connectivity index (χ1) is 18.4. The molecule has 0 amide bonds. The smallest absolute Gasteiger partial charge is 0.250 e. The molecule has 0 aliphatic heterocycles. The van der Waals surface area contributed by atoms with Crippen LogP contribution in [0.15, 0.2) is 72.3 Å². The number of aromatic nitrogens is 8. The number of aryl methyl sites for hydroxylation is 1. The highest BCUT2D eigenvalue weighted by Gasteiger charge is 2.32. The standard InChI is InChI=1S/C26H22ClFN8O2/c1-33-12-17(5-9-24(33)37)19-11-30-34(13-19)23(10-16-2-3-16)21-7-4-18(14-36(21)38)25-22(35-15-29-31-32-35)8-6-20(27)26(25)28/h4-9,11-16,23H,2-3,10H2,1H3. The maximum Gasteiger partial charge on any atom is 0.250 e. The molecule has 0 spiro atoms. The number of hydrogen-bond acceptors (Lipinski definition) is 6. The summed E-state index contributed by atoms with van der Waals surface area (Å²) in [5.74, 6) is -0.169. The lowest BCUT2D eigenvalue weighted by molar-refractivity contribution is -0.615. The predicted molar refractivity (Wildman–Crippen MR) is 137 cm³/mol. The molecule has 10 nitrogen and oxygen atoms in total. The van der Waals surface area contributed by atoms with Gasteiger partial charge in [0.15, 0.2) is 12.0 Å². The number of hydrogen-bond donors (Lipinski definition) is 0. The quantitative estimate of drug-likeness (QED) is 0.233. The molecule has 0 radical (unpaired) electrons. The van der Waals surface area contributed by atoms with Crippen LogP contribution in [0.5, 0.6) is 0 Å². The predicted octanol–water partition coefficient (Wildman–Crippen LogP) is 3.71. The zero-order chi connectivity index (χ0) is 26.4. The Balaban J connectivity index is 1.40. The van der Waals surface area contributed by atoms with Crippen LogP contribution in [-0.4, -0.2) is 34.6 Å². The maximum atomic E-state index is 15.2. The van der Waals surface area contributed by atoms with Gasteiger partial charge in [-0.2, -0.15) is 14.5 Å². The van der Waals surface area contributed by atoms with Crippen molar-refractivity contribution in [2.45, 2.75) is 25.3 Å². The van der Waals surface area contributed by atoms with Crippen LogP contribution >= 0.6 is 11.6 Å². The van der Waals surface area contributed by atoms with Gasteiger partial charge < -0.3 is 9.77 Å². The molecule has 1 saturated carbocycles. The summed E-state index contributed by atoms with van der Waals surface area (Å²) in [6.45, 7) is 0. The van der Waals surface area contributed by atoms with Crippen LogP contribution in [0.3, 0.4) is 0 Å². The minimum atomic E-state index is -0.670. The molecule has 12 heteroatoms. The minimum absolute atomic E-state index is 0.0764. The van der Waals surface area contributed by atoms with Crippen molar-refractivity contribution < 1.29 is 9.12 Å². The number of nitrogens with zero attached hydrogens (tertiary/aromatic N) is 8. The largest absolute Gasteiger partial charge is 0.618 e. The summed E-state index contributed by atoms with van der Waals surface area (Å²) in [6, 6.07) is 9.36. The summed E-state index contributed by atoms with van der Waals surface area (Å²) in [6.07, 6.45) is 11.0. The van der Waals surface area contributed by atoms with Gasteiger partial charge >= 0.3 is 0 Å². The first-order valence-electron chi connectivity index (χ1n) is 12.0. The van der Waals surface area contributed by atoms with Gasteiger partial charge in [-0.1, -0.05) is 24.4 Å². The number of pyridine rings is 2. The lowest BCUT2D eigenvalue weighted by atomic mass is 10.0. The molecule has 38 heavy (non-hydrogen) atoms. The summed E-state index contributed by atoms with van der Waals surface area (Å²) in [7, 11) is 1.70. The Kier molecular flexibility index (Phi) is 5.99. The third-order valence-corrected chi connectivity index (χ3v) is 7.13. The van der Waals surface area contributed by atoms with Crippen LogP contribution in [0.2, 0.25) is 5.02 Å². The van der Waals surface area contributed by atoms with Gasteiger partial charge in [0.2, 0.25) is 11.3 Å². The zero-order valence-corrected chi connectivity index (χ0v) is 21.0. The van der Waals surface area contributed by atoms with E-state index in [1.807, 2.05) is 6.20 Å². The Morgan fingerprint density at radius 2 is 1.95 bits per heavy atom. The Morgan fingerprint density at radius 1 is 1.13 bits per heavy atom. The first-order valence-corrected chi connectivity index (χ1v) is 12.4.